The molecule has 5 aromatic rings. The molecule has 0 N–H and O–H groups in total. The van der Waals surface area contributed by atoms with Crippen molar-refractivity contribution in [2.24, 2.45) is 0 Å². The van der Waals surface area contributed by atoms with Crippen molar-refractivity contribution in [1.82, 2.24) is 4.57 Å². The molecular formula is C23H14F3N. The van der Waals surface area contributed by atoms with Crippen molar-refractivity contribution in [2.75, 3.05) is 0 Å². The minimum absolute atomic E-state index is 0.578. The van der Waals surface area contributed by atoms with Crippen molar-refractivity contribution < 1.29 is 13.2 Å². The Morgan fingerprint density at radius 1 is 0.593 bits per heavy atom. The first-order valence-corrected chi connectivity index (χ1v) is 8.62. The molecule has 4 heteroatoms. The Morgan fingerprint density at radius 3 is 1.78 bits per heavy atom. The van der Waals surface area contributed by atoms with Crippen LogP contribution in [0, 0.1) is 0 Å². The third kappa shape index (κ3) is 2.48. The van der Waals surface area contributed by atoms with Gasteiger partial charge in [0.05, 0.1) is 16.6 Å². The highest BCUT2D eigenvalue weighted by atomic mass is 19.4. The molecule has 0 aliphatic heterocycles. The predicted octanol–water partition coefficient (Wildman–Crippen LogP) is 6.96. The lowest BCUT2D eigenvalue weighted by Gasteiger charge is -2.11. The maximum Gasteiger partial charge on any atom is 0.416 e. The van der Waals surface area contributed by atoms with Crippen LogP contribution in [0.5, 0.6) is 0 Å². The molecule has 4 aromatic carbocycles. The molecule has 0 radical (unpaired) electrons. The topological polar surface area (TPSA) is 4.93 Å². The summed E-state index contributed by atoms with van der Waals surface area (Å²) in [4.78, 5) is 0. The van der Waals surface area contributed by atoms with E-state index in [-0.39, 0.29) is 0 Å². The van der Waals surface area contributed by atoms with Crippen molar-refractivity contribution in [1.29, 1.82) is 0 Å². The number of rotatable bonds is 1. The second-order valence-electron chi connectivity index (χ2n) is 6.61. The van der Waals surface area contributed by atoms with Crippen LogP contribution in [0.1, 0.15) is 5.56 Å². The van der Waals surface area contributed by atoms with Crippen LogP contribution in [0.3, 0.4) is 0 Å². The summed E-state index contributed by atoms with van der Waals surface area (Å²) in [6.07, 6.45) is -4.33. The number of fused-ring (bicyclic) bond motifs is 4. The molecule has 0 unspecified atom stereocenters. The summed E-state index contributed by atoms with van der Waals surface area (Å²) in [7, 11) is 0. The van der Waals surface area contributed by atoms with Crippen molar-refractivity contribution in [3.63, 3.8) is 0 Å². The second-order valence-corrected chi connectivity index (χ2v) is 6.61. The van der Waals surface area contributed by atoms with Crippen LogP contribution in [0.4, 0.5) is 13.2 Å². The zero-order valence-corrected chi connectivity index (χ0v) is 14.2. The molecule has 5 rings (SSSR count). The van der Waals surface area contributed by atoms with E-state index in [0.717, 1.165) is 38.9 Å². The highest BCUT2D eigenvalue weighted by molar-refractivity contribution is 6.09. The molecule has 0 saturated heterocycles. The van der Waals surface area contributed by atoms with Gasteiger partial charge in [0, 0.05) is 16.5 Å². The van der Waals surface area contributed by atoms with E-state index in [1.807, 2.05) is 36.4 Å². The summed E-state index contributed by atoms with van der Waals surface area (Å²) in [5, 5.41) is 3.66. The number of hydrogen-bond acceptors (Lipinski definition) is 0. The van der Waals surface area contributed by atoms with E-state index >= 15 is 0 Å². The van der Waals surface area contributed by atoms with Gasteiger partial charge < -0.3 is 4.57 Å². The minimum Gasteiger partial charge on any atom is -0.309 e. The van der Waals surface area contributed by atoms with Gasteiger partial charge in [-0.1, -0.05) is 48.5 Å². The molecule has 0 fully saturated rings. The summed E-state index contributed by atoms with van der Waals surface area (Å²) in [6.45, 7) is 0. The van der Waals surface area contributed by atoms with Crippen LogP contribution in [-0.4, -0.2) is 4.57 Å². The van der Waals surface area contributed by atoms with Crippen LogP contribution in [-0.2, 0) is 6.18 Å². The fourth-order valence-corrected chi connectivity index (χ4v) is 3.75. The van der Waals surface area contributed by atoms with Gasteiger partial charge in [-0.15, -0.1) is 0 Å². The average Bonchev–Trinajstić information content (AvgIpc) is 3.01. The smallest absolute Gasteiger partial charge is 0.309 e. The quantitative estimate of drug-likeness (QED) is 0.304. The number of benzene rings is 4. The van der Waals surface area contributed by atoms with E-state index in [1.165, 1.54) is 12.1 Å². The number of alkyl halides is 3. The summed E-state index contributed by atoms with van der Waals surface area (Å²) in [5.74, 6) is 0. The van der Waals surface area contributed by atoms with Crippen LogP contribution in [0.2, 0.25) is 0 Å². The first-order valence-electron chi connectivity index (χ1n) is 8.62. The lowest BCUT2D eigenvalue weighted by molar-refractivity contribution is -0.137. The number of nitrogens with zero attached hydrogens (tertiary/aromatic N) is 1. The van der Waals surface area contributed by atoms with Gasteiger partial charge in [0.1, 0.15) is 0 Å². The van der Waals surface area contributed by atoms with Crippen LogP contribution < -0.4 is 0 Å². The Morgan fingerprint density at radius 2 is 1.15 bits per heavy atom. The van der Waals surface area contributed by atoms with E-state index < -0.39 is 11.7 Å². The number of halogens is 3. The van der Waals surface area contributed by atoms with Gasteiger partial charge in [-0.2, -0.15) is 13.2 Å². The average molecular weight is 361 g/mol. The van der Waals surface area contributed by atoms with E-state index in [0.29, 0.717) is 5.39 Å². The molecule has 0 saturated carbocycles. The first kappa shape index (κ1) is 15.9. The molecule has 0 amide bonds. The lowest BCUT2D eigenvalue weighted by Crippen LogP contribution is -2.04. The van der Waals surface area contributed by atoms with E-state index in [1.54, 1.807) is 6.07 Å². The highest BCUT2D eigenvalue weighted by Crippen LogP contribution is 2.34. The predicted molar refractivity (Wildman–Crippen MR) is 103 cm³/mol. The summed E-state index contributed by atoms with van der Waals surface area (Å²) >= 11 is 0. The molecule has 0 atom stereocenters. The third-order valence-electron chi connectivity index (χ3n) is 4.99. The zero-order chi connectivity index (χ0) is 18.6. The molecule has 0 bridgehead atoms. The Balaban J connectivity index is 1.78. The maximum atomic E-state index is 13.0. The zero-order valence-electron chi connectivity index (χ0n) is 14.2. The monoisotopic (exact) mass is 361 g/mol. The number of para-hydroxylation sites is 2. The van der Waals surface area contributed by atoms with E-state index in [2.05, 4.69) is 28.8 Å². The normalized spacial score (nSPS) is 12.3. The molecule has 1 heterocycles. The van der Waals surface area contributed by atoms with Gasteiger partial charge >= 0.3 is 6.18 Å². The van der Waals surface area contributed by atoms with Gasteiger partial charge in [0.2, 0.25) is 0 Å². The third-order valence-corrected chi connectivity index (χ3v) is 4.99. The van der Waals surface area contributed by atoms with Crippen LogP contribution in [0.15, 0.2) is 84.9 Å². The van der Waals surface area contributed by atoms with E-state index in [9.17, 15) is 13.2 Å². The Kier molecular flexibility index (Phi) is 3.31. The Labute approximate surface area is 153 Å². The van der Waals surface area contributed by atoms with Crippen molar-refractivity contribution in [3.05, 3.63) is 90.5 Å². The fourth-order valence-electron chi connectivity index (χ4n) is 3.75. The molecule has 0 aliphatic carbocycles. The maximum absolute atomic E-state index is 13.0. The summed E-state index contributed by atoms with van der Waals surface area (Å²) in [6, 6.07) is 25.8. The summed E-state index contributed by atoms with van der Waals surface area (Å²) < 4.78 is 41.0. The van der Waals surface area contributed by atoms with Gasteiger partial charge in [-0.25, -0.2) is 0 Å². The van der Waals surface area contributed by atoms with Gasteiger partial charge in [0.25, 0.3) is 0 Å². The molecular weight excluding hydrogens is 347 g/mol. The lowest BCUT2D eigenvalue weighted by atomic mass is 10.1. The highest BCUT2D eigenvalue weighted by Gasteiger charge is 2.30. The summed E-state index contributed by atoms with van der Waals surface area (Å²) in [5.41, 5.74) is 2.45. The Bertz CT molecular complexity index is 1260. The molecule has 0 aliphatic rings. The standard InChI is InChI=1S/C23H14F3N/c24-23(25,26)17-11-9-16-14-18(12-10-15(16)13-17)27-21-7-3-1-5-19(21)20-6-2-4-8-22(20)27/h1-14H. The minimum atomic E-state index is -4.33. The van der Waals surface area contributed by atoms with Gasteiger partial charge in [0.15, 0.2) is 0 Å². The molecule has 0 spiro atoms. The van der Waals surface area contributed by atoms with Crippen molar-refractivity contribution in [2.45, 2.75) is 6.18 Å². The molecule has 1 nitrogen and oxygen atoms in total. The van der Waals surface area contributed by atoms with Crippen LogP contribution in [0.25, 0.3) is 38.3 Å². The van der Waals surface area contributed by atoms with Crippen LogP contribution >= 0.6 is 0 Å². The van der Waals surface area contributed by atoms with Crippen molar-refractivity contribution >= 4 is 32.6 Å². The van der Waals surface area contributed by atoms with Gasteiger partial charge in [-0.05, 0) is 47.2 Å². The number of hydrogen-bond donors (Lipinski definition) is 0. The van der Waals surface area contributed by atoms with Gasteiger partial charge in [-0.3, -0.25) is 0 Å². The SMILES string of the molecule is FC(F)(F)c1ccc2cc(-n3c4ccccc4c4ccccc43)ccc2c1. The van der Waals surface area contributed by atoms with Crippen molar-refractivity contribution in [3.8, 4) is 5.69 Å². The Hall–Kier alpha value is -3.27. The van der Waals surface area contributed by atoms with E-state index in [4.69, 9.17) is 0 Å². The first-order chi connectivity index (χ1) is 13.0. The largest absolute Gasteiger partial charge is 0.416 e. The molecule has 132 valence electrons. The fraction of sp³-hybridized carbons (Fsp3) is 0.0435. The molecule has 1 aromatic heterocycles. The number of aromatic nitrogens is 1. The second kappa shape index (κ2) is 5.61. The molecule has 27 heavy (non-hydrogen) atoms.